The largest absolute Gasteiger partial charge is 0.465 e. The van der Waals surface area contributed by atoms with Gasteiger partial charge in [0.25, 0.3) is 5.91 Å². The quantitative estimate of drug-likeness (QED) is 0.881. The van der Waals surface area contributed by atoms with Crippen molar-refractivity contribution in [3.8, 4) is 0 Å². The fourth-order valence-corrected chi connectivity index (χ4v) is 3.06. The average Bonchev–Trinajstić information content (AvgIpc) is 2.61. The van der Waals surface area contributed by atoms with E-state index in [0.29, 0.717) is 16.8 Å². The average molecular weight is 309 g/mol. The summed E-state index contributed by atoms with van der Waals surface area (Å²) in [5, 5.41) is 2.85. The van der Waals surface area contributed by atoms with Crippen molar-refractivity contribution in [2.75, 3.05) is 12.4 Å². The molecule has 4 nitrogen and oxygen atoms in total. The van der Waals surface area contributed by atoms with Gasteiger partial charge in [-0.15, -0.1) is 0 Å². The van der Waals surface area contributed by atoms with Gasteiger partial charge >= 0.3 is 5.97 Å². The third-order valence-electron chi connectivity index (χ3n) is 4.22. The molecule has 0 saturated heterocycles. The van der Waals surface area contributed by atoms with E-state index in [2.05, 4.69) is 11.4 Å². The molecule has 0 fully saturated rings. The minimum Gasteiger partial charge on any atom is -0.465 e. The number of nitrogens with one attached hydrogen (secondary N) is 1. The summed E-state index contributed by atoms with van der Waals surface area (Å²) in [6, 6.07) is 12.7. The third kappa shape index (κ3) is 3.11. The van der Waals surface area contributed by atoms with Gasteiger partial charge in [-0.05, 0) is 55.0 Å². The molecule has 1 amide bonds. The number of carbonyl (C=O) groups excluding carboxylic acids is 2. The van der Waals surface area contributed by atoms with Crippen molar-refractivity contribution in [1.29, 1.82) is 0 Å². The lowest BCUT2D eigenvalue weighted by atomic mass is 9.88. The van der Waals surface area contributed by atoms with Gasteiger partial charge in [0.1, 0.15) is 0 Å². The highest BCUT2D eigenvalue weighted by molar-refractivity contribution is 6.08. The first-order valence-corrected chi connectivity index (χ1v) is 7.80. The number of esters is 1. The van der Waals surface area contributed by atoms with Crippen molar-refractivity contribution >= 4 is 17.6 Å². The molecule has 23 heavy (non-hydrogen) atoms. The maximum absolute atomic E-state index is 12.7. The van der Waals surface area contributed by atoms with Gasteiger partial charge in [0.2, 0.25) is 0 Å². The van der Waals surface area contributed by atoms with Gasteiger partial charge in [0.15, 0.2) is 0 Å². The fraction of sp³-hybridized carbons (Fsp3) is 0.263. The van der Waals surface area contributed by atoms with E-state index in [9.17, 15) is 9.59 Å². The molecule has 118 valence electrons. The summed E-state index contributed by atoms with van der Waals surface area (Å²) < 4.78 is 4.76. The molecule has 0 aromatic heterocycles. The van der Waals surface area contributed by atoms with Gasteiger partial charge in [0.05, 0.1) is 18.4 Å². The molecular weight excluding hydrogens is 290 g/mol. The van der Waals surface area contributed by atoms with Crippen LogP contribution in [0.4, 0.5) is 5.69 Å². The monoisotopic (exact) mass is 309 g/mol. The van der Waals surface area contributed by atoms with E-state index in [1.165, 1.54) is 19.1 Å². The molecule has 0 saturated carbocycles. The van der Waals surface area contributed by atoms with Crippen LogP contribution in [0.3, 0.4) is 0 Å². The molecule has 0 radical (unpaired) electrons. The highest BCUT2D eigenvalue weighted by Gasteiger charge is 2.19. The SMILES string of the molecule is COC(=O)c1ccccc1NC(=O)c1cccc2c1CCCC2. The Hall–Kier alpha value is -2.62. The Morgan fingerprint density at radius 1 is 0.957 bits per heavy atom. The van der Waals surface area contributed by atoms with Crippen LogP contribution in [0, 0.1) is 0 Å². The number of hydrogen-bond acceptors (Lipinski definition) is 3. The highest BCUT2D eigenvalue weighted by Crippen LogP contribution is 2.25. The number of anilines is 1. The summed E-state index contributed by atoms with van der Waals surface area (Å²) in [6.45, 7) is 0. The second kappa shape index (κ2) is 6.65. The van der Waals surface area contributed by atoms with E-state index in [-0.39, 0.29) is 5.91 Å². The van der Waals surface area contributed by atoms with E-state index in [4.69, 9.17) is 4.74 Å². The first-order valence-electron chi connectivity index (χ1n) is 7.80. The number of hydrogen-bond donors (Lipinski definition) is 1. The van der Waals surface area contributed by atoms with E-state index in [1.807, 2.05) is 12.1 Å². The Labute approximate surface area is 135 Å². The second-order valence-corrected chi connectivity index (χ2v) is 5.64. The number of benzene rings is 2. The van der Waals surface area contributed by atoms with Crippen molar-refractivity contribution in [2.24, 2.45) is 0 Å². The lowest BCUT2D eigenvalue weighted by Gasteiger charge is -2.19. The van der Waals surface area contributed by atoms with Crippen LogP contribution < -0.4 is 5.32 Å². The van der Waals surface area contributed by atoms with Crippen LogP contribution in [0.15, 0.2) is 42.5 Å². The fourth-order valence-electron chi connectivity index (χ4n) is 3.06. The van der Waals surface area contributed by atoms with Gasteiger partial charge in [-0.25, -0.2) is 4.79 Å². The normalized spacial score (nSPS) is 13.1. The van der Waals surface area contributed by atoms with Gasteiger partial charge in [-0.3, -0.25) is 4.79 Å². The van der Waals surface area contributed by atoms with Crippen molar-refractivity contribution in [3.63, 3.8) is 0 Å². The lowest BCUT2D eigenvalue weighted by molar-refractivity contribution is 0.0602. The maximum atomic E-state index is 12.7. The molecule has 2 aromatic rings. The number of rotatable bonds is 3. The van der Waals surface area contributed by atoms with Gasteiger partial charge in [-0.2, -0.15) is 0 Å². The first kappa shape index (κ1) is 15.3. The van der Waals surface area contributed by atoms with Crippen LogP contribution in [-0.2, 0) is 17.6 Å². The Morgan fingerprint density at radius 3 is 2.52 bits per heavy atom. The summed E-state index contributed by atoms with van der Waals surface area (Å²) in [4.78, 5) is 24.5. The van der Waals surface area contributed by atoms with Gasteiger partial charge in [0, 0.05) is 5.56 Å². The molecule has 3 rings (SSSR count). The second-order valence-electron chi connectivity index (χ2n) is 5.64. The summed E-state index contributed by atoms with van der Waals surface area (Å²) in [7, 11) is 1.33. The molecular formula is C19H19NO3. The van der Waals surface area contributed by atoms with Crippen LogP contribution in [-0.4, -0.2) is 19.0 Å². The van der Waals surface area contributed by atoms with Crippen molar-refractivity contribution in [1.82, 2.24) is 0 Å². The van der Waals surface area contributed by atoms with Crippen molar-refractivity contribution in [2.45, 2.75) is 25.7 Å². The van der Waals surface area contributed by atoms with Crippen LogP contribution >= 0.6 is 0 Å². The minimum absolute atomic E-state index is 0.180. The van der Waals surface area contributed by atoms with Crippen molar-refractivity contribution in [3.05, 3.63) is 64.7 Å². The Kier molecular flexibility index (Phi) is 4.42. The van der Waals surface area contributed by atoms with Crippen LogP contribution in [0.25, 0.3) is 0 Å². The van der Waals surface area contributed by atoms with E-state index in [1.54, 1.807) is 24.3 Å². The Morgan fingerprint density at radius 2 is 1.70 bits per heavy atom. The van der Waals surface area contributed by atoms with E-state index >= 15 is 0 Å². The summed E-state index contributed by atoms with van der Waals surface area (Å²) in [5.74, 6) is -0.643. The highest BCUT2D eigenvalue weighted by atomic mass is 16.5. The number of amides is 1. The maximum Gasteiger partial charge on any atom is 0.339 e. The molecule has 1 aliphatic carbocycles. The zero-order chi connectivity index (χ0) is 16.2. The first-order chi connectivity index (χ1) is 11.2. The zero-order valence-corrected chi connectivity index (χ0v) is 13.1. The molecule has 0 heterocycles. The third-order valence-corrected chi connectivity index (χ3v) is 4.22. The molecule has 0 aliphatic heterocycles. The predicted octanol–water partition coefficient (Wildman–Crippen LogP) is 3.60. The van der Waals surface area contributed by atoms with Crippen molar-refractivity contribution < 1.29 is 14.3 Å². The molecule has 1 aliphatic rings. The molecule has 0 unspecified atom stereocenters. The number of para-hydroxylation sites is 1. The summed E-state index contributed by atoms with van der Waals surface area (Å²) >= 11 is 0. The minimum atomic E-state index is -0.462. The predicted molar refractivity (Wildman–Crippen MR) is 88.8 cm³/mol. The smallest absolute Gasteiger partial charge is 0.339 e. The number of ether oxygens (including phenoxy) is 1. The topological polar surface area (TPSA) is 55.4 Å². The number of aryl methyl sites for hydroxylation is 1. The lowest BCUT2D eigenvalue weighted by Crippen LogP contribution is -2.19. The zero-order valence-electron chi connectivity index (χ0n) is 13.1. The molecule has 4 heteroatoms. The van der Waals surface area contributed by atoms with Gasteiger partial charge < -0.3 is 10.1 Å². The Bertz CT molecular complexity index is 752. The molecule has 0 atom stereocenters. The van der Waals surface area contributed by atoms with Crippen LogP contribution in [0.2, 0.25) is 0 Å². The molecule has 1 N–H and O–H groups in total. The summed E-state index contributed by atoms with van der Waals surface area (Å²) in [5.41, 5.74) is 3.91. The Balaban J connectivity index is 1.90. The summed E-state index contributed by atoms with van der Waals surface area (Å²) in [6.07, 6.45) is 4.23. The number of methoxy groups -OCH3 is 1. The standard InChI is InChI=1S/C19H19NO3/c1-23-19(22)16-10-4-5-12-17(16)20-18(21)15-11-6-8-13-7-2-3-9-14(13)15/h4-6,8,10-12H,2-3,7,9H2,1H3,(H,20,21). The molecule has 0 bridgehead atoms. The number of fused-ring (bicyclic) bond motifs is 1. The molecule has 0 spiro atoms. The van der Waals surface area contributed by atoms with E-state index in [0.717, 1.165) is 24.8 Å². The van der Waals surface area contributed by atoms with Crippen LogP contribution in [0.1, 0.15) is 44.7 Å². The van der Waals surface area contributed by atoms with E-state index < -0.39 is 5.97 Å². The molecule has 2 aromatic carbocycles. The number of carbonyl (C=O) groups is 2. The van der Waals surface area contributed by atoms with Gasteiger partial charge in [-0.1, -0.05) is 24.3 Å². The van der Waals surface area contributed by atoms with Crippen LogP contribution in [0.5, 0.6) is 0 Å².